The van der Waals surface area contributed by atoms with Gasteiger partial charge < -0.3 is 14.4 Å². The molecule has 1 aliphatic rings. The van der Waals surface area contributed by atoms with E-state index in [9.17, 15) is 9.59 Å². The number of rotatable bonds is 4. The zero-order valence-corrected chi connectivity index (χ0v) is 15.7. The Kier molecular flexibility index (Phi) is 6.05. The Hall–Kier alpha value is -2.09. The van der Waals surface area contributed by atoms with E-state index in [1.54, 1.807) is 16.9 Å². The first-order valence-corrected chi connectivity index (χ1v) is 8.45. The lowest BCUT2D eigenvalue weighted by molar-refractivity contribution is 0.0139. The molecule has 0 saturated carbocycles. The van der Waals surface area contributed by atoms with Crippen LogP contribution >= 0.6 is 0 Å². The molecule has 2 heterocycles. The summed E-state index contributed by atoms with van der Waals surface area (Å²) in [6.07, 6.45) is 1.32. The van der Waals surface area contributed by atoms with Gasteiger partial charge in [0.25, 0.3) is 0 Å². The van der Waals surface area contributed by atoms with Crippen LogP contribution in [0.1, 0.15) is 31.3 Å². The summed E-state index contributed by atoms with van der Waals surface area (Å²) in [5.41, 5.74) is 0.388. The number of methoxy groups -OCH3 is 2. The summed E-state index contributed by atoms with van der Waals surface area (Å²) in [5.74, 6) is -0.388. The summed E-state index contributed by atoms with van der Waals surface area (Å²) in [5, 5.41) is 4.20. The lowest BCUT2D eigenvalue weighted by atomic mass is 9.84. The maximum Gasteiger partial charge on any atom is 0.409 e. The van der Waals surface area contributed by atoms with Crippen molar-refractivity contribution in [1.82, 2.24) is 19.6 Å². The molecule has 1 amide bonds. The monoisotopic (exact) mass is 352 g/mol. The van der Waals surface area contributed by atoms with E-state index in [1.807, 2.05) is 4.90 Å². The molecule has 25 heavy (non-hydrogen) atoms. The topological polar surface area (TPSA) is 76.9 Å². The number of carbonyl (C=O) groups is 2. The SMILES string of the molecule is COC(=O)c1ccnn1CCN1CCN(C(=O)OC)C(C(C)(C)C)C1. The van der Waals surface area contributed by atoms with Gasteiger partial charge >= 0.3 is 12.1 Å². The molecule has 140 valence electrons. The van der Waals surface area contributed by atoms with E-state index >= 15 is 0 Å². The fourth-order valence-corrected chi connectivity index (χ4v) is 3.14. The van der Waals surface area contributed by atoms with Crippen LogP contribution in [-0.4, -0.2) is 78.1 Å². The highest BCUT2D eigenvalue weighted by atomic mass is 16.5. The van der Waals surface area contributed by atoms with Crippen molar-refractivity contribution in [3.05, 3.63) is 18.0 Å². The number of piperazine rings is 1. The average molecular weight is 352 g/mol. The van der Waals surface area contributed by atoms with Crippen LogP contribution in [-0.2, 0) is 16.0 Å². The number of carbonyl (C=O) groups excluding carboxylic acids is 2. The fraction of sp³-hybridized carbons (Fsp3) is 0.706. The summed E-state index contributed by atoms with van der Waals surface area (Å²) in [7, 11) is 2.78. The molecule has 0 aromatic carbocycles. The third-order valence-corrected chi connectivity index (χ3v) is 4.61. The summed E-state index contributed by atoms with van der Waals surface area (Å²) in [4.78, 5) is 27.9. The van der Waals surface area contributed by atoms with Gasteiger partial charge in [-0.05, 0) is 11.5 Å². The Bertz CT molecular complexity index is 608. The zero-order valence-electron chi connectivity index (χ0n) is 15.7. The molecule has 0 spiro atoms. The van der Waals surface area contributed by atoms with Crippen LogP contribution in [0.25, 0.3) is 0 Å². The minimum Gasteiger partial charge on any atom is -0.464 e. The molecule has 1 aliphatic heterocycles. The predicted octanol–water partition coefficient (Wildman–Crippen LogP) is 1.47. The summed E-state index contributed by atoms with van der Waals surface area (Å²) >= 11 is 0. The standard InChI is InChI=1S/C17H28N4O4/c1-17(2,3)14-12-19(8-10-20(14)16(23)25-5)9-11-21-13(6-7-18-21)15(22)24-4/h6-7,14H,8-12H2,1-5H3. The zero-order chi connectivity index (χ0) is 18.6. The molecule has 1 unspecified atom stereocenters. The second-order valence-electron chi connectivity index (χ2n) is 7.28. The molecule has 1 fully saturated rings. The Labute approximate surface area is 148 Å². The molecule has 1 saturated heterocycles. The Morgan fingerprint density at radius 2 is 1.92 bits per heavy atom. The van der Waals surface area contributed by atoms with E-state index in [4.69, 9.17) is 9.47 Å². The van der Waals surface area contributed by atoms with Gasteiger partial charge in [-0.25, -0.2) is 9.59 Å². The first-order valence-electron chi connectivity index (χ1n) is 8.45. The summed E-state index contributed by atoms with van der Waals surface area (Å²) < 4.78 is 11.4. The molecule has 1 aromatic rings. The third kappa shape index (κ3) is 4.50. The lowest BCUT2D eigenvalue weighted by Crippen LogP contribution is -2.59. The number of hydrogen-bond acceptors (Lipinski definition) is 6. The summed E-state index contributed by atoms with van der Waals surface area (Å²) in [6, 6.07) is 1.71. The number of hydrogen-bond donors (Lipinski definition) is 0. The van der Waals surface area contributed by atoms with E-state index in [1.165, 1.54) is 14.2 Å². The van der Waals surface area contributed by atoms with Crippen LogP contribution in [0, 0.1) is 5.41 Å². The van der Waals surface area contributed by atoms with Gasteiger partial charge in [0.2, 0.25) is 0 Å². The van der Waals surface area contributed by atoms with Gasteiger partial charge in [-0.1, -0.05) is 20.8 Å². The van der Waals surface area contributed by atoms with Crippen LogP contribution in [0.15, 0.2) is 12.3 Å². The van der Waals surface area contributed by atoms with Crippen LogP contribution in [0.4, 0.5) is 4.79 Å². The van der Waals surface area contributed by atoms with Crippen molar-refractivity contribution in [3.63, 3.8) is 0 Å². The maximum absolute atomic E-state index is 12.0. The van der Waals surface area contributed by atoms with Crippen molar-refractivity contribution in [3.8, 4) is 0 Å². The smallest absolute Gasteiger partial charge is 0.409 e. The molecule has 0 N–H and O–H groups in total. The minimum absolute atomic E-state index is 0.0598. The Morgan fingerprint density at radius 1 is 1.20 bits per heavy atom. The van der Waals surface area contributed by atoms with Crippen LogP contribution in [0.2, 0.25) is 0 Å². The molecule has 0 aliphatic carbocycles. The van der Waals surface area contributed by atoms with Gasteiger partial charge in [0.15, 0.2) is 0 Å². The molecule has 1 aromatic heterocycles. The highest BCUT2D eigenvalue weighted by Gasteiger charge is 2.38. The van der Waals surface area contributed by atoms with Crippen molar-refractivity contribution in [2.45, 2.75) is 33.4 Å². The van der Waals surface area contributed by atoms with Gasteiger partial charge in [0, 0.05) is 32.4 Å². The number of aromatic nitrogens is 2. The molecule has 0 bridgehead atoms. The largest absolute Gasteiger partial charge is 0.464 e. The number of nitrogens with zero attached hydrogens (tertiary/aromatic N) is 4. The van der Waals surface area contributed by atoms with E-state index in [0.717, 1.165) is 19.6 Å². The molecule has 0 radical (unpaired) electrons. The fourth-order valence-electron chi connectivity index (χ4n) is 3.14. The molecular weight excluding hydrogens is 324 g/mol. The number of amides is 1. The quantitative estimate of drug-likeness (QED) is 0.764. The summed E-state index contributed by atoms with van der Waals surface area (Å²) in [6.45, 7) is 9.85. The van der Waals surface area contributed by atoms with Gasteiger partial charge in [0.1, 0.15) is 5.69 Å². The molecular formula is C17H28N4O4. The lowest BCUT2D eigenvalue weighted by Gasteiger charge is -2.46. The van der Waals surface area contributed by atoms with Crippen LogP contribution in [0.3, 0.4) is 0 Å². The third-order valence-electron chi connectivity index (χ3n) is 4.61. The molecule has 1 atom stereocenters. The first kappa shape index (κ1) is 19.2. The number of esters is 1. The van der Waals surface area contributed by atoms with Crippen molar-refractivity contribution >= 4 is 12.1 Å². The van der Waals surface area contributed by atoms with Crippen molar-refractivity contribution < 1.29 is 19.1 Å². The Balaban J connectivity index is 2.02. The van der Waals surface area contributed by atoms with E-state index in [-0.39, 0.29) is 23.5 Å². The maximum atomic E-state index is 12.0. The average Bonchev–Trinajstić information content (AvgIpc) is 3.06. The van der Waals surface area contributed by atoms with Gasteiger partial charge in [0.05, 0.1) is 26.8 Å². The van der Waals surface area contributed by atoms with Crippen molar-refractivity contribution in [2.24, 2.45) is 5.41 Å². The van der Waals surface area contributed by atoms with E-state index in [0.29, 0.717) is 18.8 Å². The van der Waals surface area contributed by atoms with Gasteiger partial charge in [-0.2, -0.15) is 5.10 Å². The van der Waals surface area contributed by atoms with Crippen molar-refractivity contribution in [1.29, 1.82) is 0 Å². The molecule has 8 heteroatoms. The normalized spacial score (nSPS) is 18.9. The molecule has 2 rings (SSSR count). The predicted molar refractivity (Wildman–Crippen MR) is 92.4 cm³/mol. The van der Waals surface area contributed by atoms with Gasteiger partial charge in [-0.3, -0.25) is 9.58 Å². The van der Waals surface area contributed by atoms with Crippen LogP contribution in [0.5, 0.6) is 0 Å². The highest BCUT2D eigenvalue weighted by molar-refractivity contribution is 5.87. The number of ether oxygens (including phenoxy) is 2. The molecule has 8 nitrogen and oxygen atoms in total. The first-order chi connectivity index (χ1) is 11.8. The Morgan fingerprint density at radius 3 is 2.52 bits per heavy atom. The second kappa shape index (κ2) is 7.86. The van der Waals surface area contributed by atoms with Gasteiger partial charge in [-0.15, -0.1) is 0 Å². The second-order valence-corrected chi connectivity index (χ2v) is 7.28. The minimum atomic E-state index is -0.388. The highest BCUT2D eigenvalue weighted by Crippen LogP contribution is 2.28. The van der Waals surface area contributed by atoms with E-state index in [2.05, 4.69) is 30.8 Å². The van der Waals surface area contributed by atoms with E-state index < -0.39 is 0 Å². The van der Waals surface area contributed by atoms with Crippen molar-refractivity contribution in [2.75, 3.05) is 40.4 Å². The van der Waals surface area contributed by atoms with Crippen LogP contribution < -0.4 is 0 Å².